The summed E-state index contributed by atoms with van der Waals surface area (Å²) in [6.45, 7) is 3.62. The van der Waals surface area contributed by atoms with Crippen molar-refractivity contribution < 1.29 is 24.8 Å². The largest absolute Gasteiger partial charge is 0.491 e. The number of benzene rings is 1. The SMILES string of the molecule is CC(C)Oc1ccc2c(c1)C(Nc1ncnc3c1ncn3C1OC(CO)C(O)C1O)CCC2. The van der Waals surface area contributed by atoms with Gasteiger partial charge in [-0.25, -0.2) is 15.0 Å². The molecule has 3 aromatic rings. The minimum absolute atomic E-state index is 0.0432. The quantitative estimate of drug-likeness (QED) is 0.438. The van der Waals surface area contributed by atoms with Crippen LogP contribution in [-0.4, -0.2) is 65.9 Å². The molecule has 1 fully saturated rings. The molecule has 0 bridgehead atoms. The number of aromatic nitrogens is 4. The average Bonchev–Trinajstić information content (AvgIpc) is 3.35. The van der Waals surface area contributed by atoms with E-state index in [0.29, 0.717) is 17.0 Å². The van der Waals surface area contributed by atoms with Crippen molar-refractivity contribution in [3.8, 4) is 5.75 Å². The molecule has 5 unspecified atom stereocenters. The van der Waals surface area contributed by atoms with Crippen molar-refractivity contribution >= 4 is 17.0 Å². The maximum Gasteiger partial charge on any atom is 0.167 e. The maximum atomic E-state index is 10.4. The minimum Gasteiger partial charge on any atom is -0.491 e. The van der Waals surface area contributed by atoms with Crippen LogP contribution >= 0.6 is 0 Å². The van der Waals surface area contributed by atoms with E-state index in [1.54, 1.807) is 4.57 Å². The predicted molar refractivity (Wildman–Crippen MR) is 120 cm³/mol. The lowest BCUT2D eigenvalue weighted by atomic mass is 9.87. The first-order valence-electron chi connectivity index (χ1n) is 11.3. The predicted octanol–water partition coefficient (Wildman–Crippen LogP) is 1.71. The Labute approximate surface area is 191 Å². The Bertz CT molecular complexity index is 1140. The number of ether oxygens (including phenoxy) is 2. The highest BCUT2D eigenvalue weighted by molar-refractivity contribution is 5.83. The van der Waals surface area contributed by atoms with E-state index in [4.69, 9.17) is 9.47 Å². The normalized spacial score (nSPS) is 27.2. The number of aliphatic hydroxyl groups is 3. The van der Waals surface area contributed by atoms with Crippen LogP contribution in [0.3, 0.4) is 0 Å². The number of aryl methyl sites for hydroxylation is 1. The molecule has 2 aromatic heterocycles. The number of hydrogen-bond donors (Lipinski definition) is 4. The second kappa shape index (κ2) is 8.86. The Morgan fingerprint density at radius 1 is 1.21 bits per heavy atom. The zero-order valence-electron chi connectivity index (χ0n) is 18.6. The van der Waals surface area contributed by atoms with Gasteiger partial charge in [0.2, 0.25) is 0 Å². The van der Waals surface area contributed by atoms with Gasteiger partial charge in [-0.1, -0.05) is 6.07 Å². The number of imidazole rings is 1. The second-order valence-corrected chi connectivity index (χ2v) is 8.89. The molecule has 10 nitrogen and oxygen atoms in total. The average molecular weight is 456 g/mol. The second-order valence-electron chi connectivity index (χ2n) is 8.89. The minimum atomic E-state index is -1.21. The first-order valence-corrected chi connectivity index (χ1v) is 11.3. The molecule has 1 aromatic carbocycles. The number of nitrogens with zero attached hydrogens (tertiary/aromatic N) is 4. The van der Waals surface area contributed by atoms with E-state index in [1.807, 2.05) is 19.9 Å². The van der Waals surface area contributed by atoms with Crippen LogP contribution < -0.4 is 10.1 Å². The molecule has 4 N–H and O–H groups in total. The van der Waals surface area contributed by atoms with Gasteiger partial charge in [0, 0.05) is 0 Å². The van der Waals surface area contributed by atoms with E-state index in [-0.39, 0.29) is 12.1 Å². The van der Waals surface area contributed by atoms with Gasteiger partial charge in [-0.05, 0) is 56.4 Å². The van der Waals surface area contributed by atoms with Crippen LogP contribution in [0, 0.1) is 0 Å². The first kappa shape index (κ1) is 22.0. The summed E-state index contributed by atoms with van der Waals surface area (Å²) in [4.78, 5) is 13.2. The number of anilines is 1. The molecule has 1 saturated heterocycles. The van der Waals surface area contributed by atoms with E-state index in [9.17, 15) is 15.3 Å². The van der Waals surface area contributed by atoms with Gasteiger partial charge in [-0.2, -0.15) is 0 Å². The summed E-state index contributed by atoms with van der Waals surface area (Å²) in [7, 11) is 0. The Balaban J connectivity index is 1.45. The molecule has 0 amide bonds. The monoisotopic (exact) mass is 455 g/mol. The molecule has 3 heterocycles. The molecular formula is C23H29N5O5. The lowest BCUT2D eigenvalue weighted by molar-refractivity contribution is -0.0511. The van der Waals surface area contributed by atoms with E-state index in [1.165, 1.54) is 23.8 Å². The lowest BCUT2D eigenvalue weighted by Gasteiger charge is -2.27. The molecule has 1 aliphatic carbocycles. The molecule has 0 spiro atoms. The van der Waals surface area contributed by atoms with Crippen LogP contribution in [0.25, 0.3) is 11.2 Å². The topological polar surface area (TPSA) is 135 Å². The van der Waals surface area contributed by atoms with E-state index in [2.05, 4.69) is 32.4 Å². The number of nitrogens with one attached hydrogen (secondary N) is 1. The van der Waals surface area contributed by atoms with Gasteiger partial charge >= 0.3 is 0 Å². The Kier molecular flexibility index (Phi) is 5.92. The van der Waals surface area contributed by atoms with Crippen LogP contribution in [0.4, 0.5) is 5.82 Å². The number of hydrogen-bond acceptors (Lipinski definition) is 9. The summed E-state index contributed by atoms with van der Waals surface area (Å²) < 4.78 is 13.1. The summed E-state index contributed by atoms with van der Waals surface area (Å²) in [5.74, 6) is 1.43. The van der Waals surface area contributed by atoms with E-state index >= 15 is 0 Å². The molecule has 2 aliphatic rings. The third-order valence-electron chi connectivity index (χ3n) is 6.26. The molecule has 10 heteroatoms. The fourth-order valence-corrected chi connectivity index (χ4v) is 4.69. The van der Waals surface area contributed by atoms with Crippen molar-refractivity contribution in [1.82, 2.24) is 19.5 Å². The third-order valence-corrected chi connectivity index (χ3v) is 6.26. The first-order chi connectivity index (χ1) is 16.0. The number of rotatable bonds is 6. The zero-order valence-corrected chi connectivity index (χ0v) is 18.6. The lowest BCUT2D eigenvalue weighted by Crippen LogP contribution is -2.33. The van der Waals surface area contributed by atoms with Gasteiger partial charge in [-0.15, -0.1) is 0 Å². The molecular weight excluding hydrogens is 426 g/mol. The standard InChI is InChI=1S/C23H29N5O5/c1-12(2)32-14-7-6-13-4-3-5-16(15(13)8-14)27-21-18-22(25-10-24-21)28(11-26-18)23-20(31)19(30)17(9-29)33-23/h6-8,10-12,16-17,19-20,23,29-31H,3-5,9H2,1-2H3,(H,24,25,27). The molecule has 0 saturated carbocycles. The van der Waals surface area contributed by atoms with Gasteiger partial charge in [0.15, 0.2) is 23.2 Å². The van der Waals surface area contributed by atoms with Gasteiger partial charge in [-0.3, -0.25) is 4.57 Å². The molecule has 33 heavy (non-hydrogen) atoms. The van der Waals surface area contributed by atoms with Crippen molar-refractivity contribution in [2.45, 2.75) is 69.8 Å². The Hall–Kier alpha value is -2.79. The summed E-state index contributed by atoms with van der Waals surface area (Å²) in [5.41, 5.74) is 3.48. The summed E-state index contributed by atoms with van der Waals surface area (Å²) in [6, 6.07) is 6.30. The molecule has 5 rings (SSSR count). The fraction of sp³-hybridized carbons (Fsp3) is 0.522. The van der Waals surface area contributed by atoms with Crippen LogP contribution in [0.15, 0.2) is 30.9 Å². The third kappa shape index (κ3) is 4.04. The highest BCUT2D eigenvalue weighted by atomic mass is 16.6. The highest BCUT2D eigenvalue weighted by Gasteiger charge is 2.44. The smallest absolute Gasteiger partial charge is 0.167 e. The van der Waals surface area contributed by atoms with Crippen LogP contribution in [-0.2, 0) is 11.2 Å². The van der Waals surface area contributed by atoms with Crippen molar-refractivity contribution in [3.63, 3.8) is 0 Å². The van der Waals surface area contributed by atoms with E-state index in [0.717, 1.165) is 25.0 Å². The summed E-state index contributed by atoms with van der Waals surface area (Å²) in [6.07, 6.45) is 1.88. The van der Waals surface area contributed by atoms with Gasteiger partial charge < -0.3 is 30.1 Å². The molecule has 1 aliphatic heterocycles. The molecule has 176 valence electrons. The number of fused-ring (bicyclic) bond motifs is 2. The summed E-state index contributed by atoms with van der Waals surface area (Å²) in [5, 5.41) is 33.4. The van der Waals surface area contributed by atoms with Gasteiger partial charge in [0.1, 0.15) is 30.4 Å². The van der Waals surface area contributed by atoms with Crippen molar-refractivity contribution in [3.05, 3.63) is 42.0 Å². The summed E-state index contributed by atoms with van der Waals surface area (Å²) >= 11 is 0. The van der Waals surface area contributed by atoms with Crippen LogP contribution in [0.5, 0.6) is 5.75 Å². The van der Waals surface area contributed by atoms with Gasteiger partial charge in [0.25, 0.3) is 0 Å². The van der Waals surface area contributed by atoms with E-state index < -0.39 is 31.1 Å². The molecule has 0 radical (unpaired) electrons. The van der Waals surface area contributed by atoms with Crippen molar-refractivity contribution in [2.24, 2.45) is 0 Å². The van der Waals surface area contributed by atoms with Crippen molar-refractivity contribution in [1.29, 1.82) is 0 Å². The Morgan fingerprint density at radius 2 is 2.06 bits per heavy atom. The maximum absolute atomic E-state index is 10.4. The van der Waals surface area contributed by atoms with Gasteiger partial charge in [0.05, 0.1) is 25.1 Å². The zero-order chi connectivity index (χ0) is 23.1. The highest BCUT2D eigenvalue weighted by Crippen LogP contribution is 2.37. The Morgan fingerprint density at radius 3 is 2.82 bits per heavy atom. The fourth-order valence-electron chi connectivity index (χ4n) is 4.69. The van der Waals surface area contributed by atoms with Crippen molar-refractivity contribution in [2.75, 3.05) is 11.9 Å². The van der Waals surface area contributed by atoms with Crippen LogP contribution in [0.1, 0.15) is 50.1 Å². The van der Waals surface area contributed by atoms with Crippen LogP contribution in [0.2, 0.25) is 0 Å². The number of aliphatic hydroxyl groups excluding tert-OH is 3. The molecule has 5 atom stereocenters.